The number of nitrogens with one attached hydrogen (secondary N) is 1. The minimum atomic E-state index is -0.107. The largest absolute Gasteiger partial charge is 0.394 e. The van der Waals surface area contributed by atoms with Crippen LogP contribution in [0.5, 0.6) is 0 Å². The van der Waals surface area contributed by atoms with Gasteiger partial charge >= 0.3 is 0 Å². The normalized spacial score (nSPS) is 23.4. The highest BCUT2D eigenvalue weighted by Gasteiger charge is 2.24. The van der Waals surface area contributed by atoms with Crippen molar-refractivity contribution in [2.24, 2.45) is 5.92 Å². The summed E-state index contributed by atoms with van der Waals surface area (Å²) in [5.74, 6) is 0.949. The van der Waals surface area contributed by atoms with Crippen LogP contribution in [0.2, 0.25) is 0 Å². The molecule has 1 heterocycles. The van der Waals surface area contributed by atoms with E-state index in [1.165, 1.54) is 51.7 Å². The van der Waals surface area contributed by atoms with E-state index in [2.05, 4.69) is 37.9 Å². The van der Waals surface area contributed by atoms with Crippen molar-refractivity contribution in [2.45, 2.75) is 77.8 Å². The van der Waals surface area contributed by atoms with E-state index in [0.717, 1.165) is 12.3 Å². The Labute approximate surface area is 126 Å². The van der Waals surface area contributed by atoms with Gasteiger partial charge in [0.15, 0.2) is 0 Å². The Morgan fingerprint density at radius 1 is 1.35 bits per heavy atom. The van der Waals surface area contributed by atoms with Crippen molar-refractivity contribution in [2.75, 3.05) is 26.2 Å². The van der Waals surface area contributed by atoms with Crippen LogP contribution in [0.1, 0.15) is 66.2 Å². The molecule has 1 rings (SSSR count). The third-order valence-corrected chi connectivity index (χ3v) is 4.51. The van der Waals surface area contributed by atoms with Gasteiger partial charge < -0.3 is 15.3 Å². The monoisotopic (exact) mass is 284 g/mol. The fourth-order valence-corrected chi connectivity index (χ4v) is 3.50. The van der Waals surface area contributed by atoms with Crippen molar-refractivity contribution in [3.8, 4) is 0 Å². The molecule has 3 heteroatoms. The standard InChI is InChI=1S/C17H36N2O/c1-5-8-16-9-12-19(13-16)11-7-6-10-17(4,14-20)18-15(2)3/h15-16,18,20H,5-14H2,1-4H3. The predicted octanol–water partition coefficient (Wildman–Crippen LogP) is 3.03. The zero-order valence-corrected chi connectivity index (χ0v) is 14.1. The van der Waals surface area contributed by atoms with Crippen LogP contribution >= 0.6 is 0 Å². The number of nitrogens with zero attached hydrogens (tertiary/aromatic N) is 1. The van der Waals surface area contributed by atoms with Crippen LogP contribution in [0.15, 0.2) is 0 Å². The van der Waals surface area contributed by atoms with Crippen molar-refractivity contribution < 1.29 is 5.11 Å². The van der Waals surface area contributed by atoms with Crippen molar-refractivity contribution in [1.82, 2.24) is 10.2 Å². The van der Waals surface area contributed by atoms with Gasteiger partial charge in [-0.2, -0.15) is 0 Å². The molecule has 2 unspecified atom stereocenters. The summed E-state index contributed by atoms with van der Waals surface area (Å²) in [5.41, 5.74) is -0.107. The van der Waals surface area contributed by atoms with Crippen LogP contribution in [0.3, 0.4) is 0 Å². The zero-order valence-electron chi connectivity index (χ0n) is 14.1. The lowest BCUT2D eigenvalue weighted by molar-refractivity contribution is 0.152. The molecule has 1 aliphatic heterocycles. The first kappa shape index (κ1) is 17.9. The van der Waals surface area contributed by atoms with E-state index >= 15 is 0 Å². The van der Waals surface area contributed by atoms with Gasteiger partial charge in [0.2, 0.25) is 0 Å². The minimum absolute atomic E-state index is 0.107. The smallest absolute Gasteiger partial charge is 0.0610 e. The van der Waals surface area contributed by atoms with E-state index in [0.29, 0.717) is 6.04 Å². The summed E-state index contributed by atoms with van der Waals surface area (Å²) in [6.07, 6.45) is 7.65. The molecule has 0 radical (unpaired) electrons. The molecular weight excluding hydrogens is 248 g/mol. The molecular formula is C17H36N2O. The Morgan fingerprint density at radius 2 is 2.10 bits per heavy atom. The summed E-state index contributed by atoms with van der Waals surface area (Å²) in [6.45, 7) is 12.8. The highest BCUT2D eigenvalue weighted by atomic mass is 16.3. The molecule has 3 nitrogen and oxygen atoms in total. The predicted molar refractivity (Wildman–Crippen MR) is 87.1 cm³/mol. The molecule has 0 amide bonds. The van der Waals surface area contributed by atoms with Crippen LogP contribution in [0, 0.1) is 5.92 Å². The van der Waals surface area contributed by atoms with E-state index in [-0.39, 0.29) is 12.1 Å². The van der Waals surface area contributed by atoms with Crippen LogP contribution < -0.4 is 5.32 Å². The van der Waals surface area contributed by atoms with Gasteiger partial charge in [0, 0.05) is 18.1 Å². The molecule has 0 saturated carbocycles. The molecule has 0 aromatic rings. The maximum absolute atomic E-state index is 9.57. The zero-order chi connectivity index (χ0) is 15.0. The highest BCUT2D eigenvalue weighted by molar-refractivity contribution is 4.84. The Balaban J connectivity index is 2.15. The molecule has 120 valence electrons. The van der Waals surface area contributed by atoms with Crippen LogP contribution in [0.4, 0.5) is 0 Å². The molecule has 1 saturated heterocycles. The maximum atomic E-state index is 9.57. The fraction of sp³-hybridized carbons (Fsp3) is 1.00. The number of aliphatic hydroxyl groups excluding tert-OH is 1. The van der Waals surface area contributed by atoms with Crippen LogP contribution in [-0.4, -0.2) is 47.8 Å². The van der Waals surface area contributed by atoms with Crippen molar-refractivity contribution >= 4 is 0 Å². The summed E-state index contributed by atoms with van der Waals surface area (Å²) in [5, 5.41) is 13.1. The number of rotatable bonds is 10. The van der Waals surface area contributed by atoms with Gasteiger partial charge in [0.05, 0.1) is 6.61 Å². The van der Waals surface area contributed by atoms with Crippen LogP contribution in [0.25, 0.3) is 0 Å². The third-order valence-electron chi connectivity index (χ3n) is 4.51. The van der Waals surface area contributed by atoms with Gasteiger partial charge in [-0.25, -0.2) is 0 Å². The van der Waals surface area contributed by atoms with Crippen molar-refractivity contribution in [3.05, 3.63) is 0 Å². The Bertz CT molecular complexity index is 257. The number of aliphatic hydroxyl groups is 1. The average molecular weight is 284 g/mol. The first-order valence-corrected chi connectivity index (χ1v) is 8.60. The topological polar surface area (TPSA) is 35.5 Å². The first-order valence-electron chi connectivity index (χ1n) is 8.60. The number of hydrogen-bond acceptors (Lipinski definition) is 3. The lowest BCUT2D eigenvalue weighted by atomic mass is 9.94. The summed E-state index contributed by atoms with van der Waals surface area (Å²) in [6, 6.07) is 0.431. The number of unbranched alkanes of at least 4 members (excludes halogenated alkanes) is 1. The lowest BCUT2D eigenvalue weighted by Gasteiger charge is -2.31. The van der Waals surface area contributed by atoms with Gasteiger partial charge in [0.1, 0.15) is 0 Å². The summed E-state index contributed by atoms with van der Waals surface area (Å²) < 4.78 is 0. The first-order chi connectivity index (χ1) is 9.49. The van der Waals surface area contributed by atoms with Gasteiger partial charge in [-0.05, 0) is 51.6 Å². The molecule has 0 aromatic carbocycles. The van der Waals surface area contributed by atoms with E-state index in [1.807, 2.05) is 0 Å². The Morgan fingerprint density at radius 3 is 2.70 bits per heavy atom. The molecule has 1 aliphatic rings. The number of hydrogen-bond donors (Lipinski definition) is 2. The third kappa shape index (κ3) is 6.55. The summed E-state index contributed by atoms with van der Waals surface area (Å²) >= 11 is 0. The maximum Gasteiger partial charge on any atom is 0.0610 e. The SMILES string of the molecule is CCCC1CCN(CCCCC(C)(CO)NC(C)C)C1. The van der Waals surface area contributed by atoms with Gasteiger partial charge in [-0.1, -0.05) is 33.6 Å². The molecule has 2 atom stereocenters. The van der Waals surface area contributed by atoms with Gasteiger partial charge in [0.25, 0.3) is 0 Å². The highest BCUT2D eigenvalue weighted by Crippen LogP contribution is 2.21. The van der Waals surface area contributed by atoms with Crippen molar-refractivity contribution in [3.63, 3.8) is 0 Å². The summed E-state index contributed by atoms with van der Waals surface area (Å²) in [7, 11) is 0. The fourth-order valence-electron chi connectivity index (χ4n) is 3.50. The molecule has 0 aromatic heterocycles. The van der Waals surface area contributed by atoms with E-state index in [1.54, 1.807) is 0 Å². The second kappa shape index (κ2) is 9.01. The van der Waals surface area contributed by atoms with Crippen molar-refractivity contribution in [1.29, 1.82) is 0 Å². The molecule has 20 heavy (non-hydrogen) atoms. The van der Waals surface area contributed by atoms with Gasteiger partial charge in [-0.15, -0.1) is 0 Å². The quantitative estimate of drug-likeness (QED) is 0.605. The Hall–Kier alpha value is -0.120. The second-order valence-corrected chi connectivity index (χ2v) is 7.22. The molecule has 1 fully saturated rings. The lowest BCUT2D eigenvalue weighted by Crippen LogP contribution is -2.49. The Kier molecular flexibility index (Phi) is 8.08. The summed E-state index contributed by atoms with van der Waals surface area (Å²) in [4.78, 5) is 2.63. The molecule has 0 bridgehead atoms. The van der Waals surface area contributed by atoms with E-state index in [4.69, 9.17) is 0 Å². The second-order valence-electron chi connectivity index (χ2n) is 7.22. The van der Waals surface area contributed by atoms with Gasteiger partial charge in [-0.3, -0.25) is 0 Å². The molecule has 0 aliphatic carbocycles. The molecule has 2 N–H and O–H groups in total. The van der Waals surface area contributed by atoms with E-state index in [9.17, 15) is 5.11 Å². The average Bonchev–Trinajstić information content (AvgIpc) is 2.82. The number of likely N-dealkylation sites (tertiary alicyclic amines) is 1. The minimum Gasteiger partial charge on any atom is -0.394 e. The van der Waals surface area contributed by atoms with Crippen LogP contribution in [-0.2, 0) is 0 Å². The van der Waals surface area contributed by atoms with E-state index < -0.39 is 0 Å². The molecule has 0 spiro atoms.